The molecule has 0 amide bonds. The van der Waals surface area contributed by atoms with Crippen molar-refractivity contribution >= 4 is 24.0 Å². The van der Waals surface area contributed by atoms with Gasteiger partial charge in [-0.05, 0) is 37.1 Å². The molecule has 8 heteroatoms. The van der Waals surface area contributed by atoms with Gasteiger partial charge in [0.2, 0.25) is 5.88 Å². The van der Waals surface area contributed by atoms with Crippen LogP contribution in [0.5, 0.6) is 5.88 Å². The molecule has 0 unspecified atom stereocenters. The molecule has 146 valence electrons. The van der Waals surface area contributed by atoms with Crippen LogP contribution in [0.15, 0.2) is 24.3 Å². The number of ether oxygens (including phenoxy) is 1. The Morgan fingerprint density at radius 3 is 2.73 bits per heavy atom. The first-order valence-electron chi connectivity index (χ1n) is 8.23. The molecule has 1 aromatic heterocycles. The van der Waals surface area contributed by atoms with Crippen molar-refractivity contribution in [1.29, 1.82) is 0 Å². The van der Waals surface area contributed by atoms with Crippen molar-refractivity contribution < 1.29 is 14.2 Å². The Balaban J connectivity index is 0.00000338. The number of halogens is 3. The monoisotopic (exact) mass is 405 g/mol. The Morgan fingerprint density at radius 2 is 2.08 bits per heavy atom. The predicted octanol–water partition coefficient (Wildman–Crippen LogP) is 3.80. The summed E-state index contributed by atoms with van der Waals surface area (Å²) in [5.74, 6) is 0.214. The van der Waals surface area contributed by atoms with Gasteiger partial charge >= 0.3 is 0 Å². The summed E-state index contributed by atoms with van der Waals surface area (Å²) < 4.78 is 21.4. The van der Waals surface area contributed by atoms with Gasteiger partial charge in [-0.25, -0.2) is 9.07 Å². The second-order valence-corrected chi connectivity index (χ2v) is 7.26. The average Bonchev–Trinajstić information content (AvgIpc) is 2.96. The van der Waals surface area contributed by atoms with Crippen LogP contribution in [0.25, 0.3) is 0 Å². The quantitative estimate of drug-likeness (QED) is 0.665. The smallest absolute Gasteiger partial charge is 0.212 e. The lowest BCUT2D eigenvalue weighted by molar-refractivity contribution is 0.141. The van der Waals surface area contributed by atoms with Gasteiger partial charge in [0.15, 0.2) is 0 Å². The van der Waals surface area contributed by atoms with E-state index in [0.717, 1.165) is 12.1 Å². The molecule has 0 spiro atoms. The highest BCUT2D eigenvalue weighted by Gasteiger charge is 2.18. The maximum absolute atomic E-state index is 13.9. The highest BCUT2D eigenvalue weighted by Crippen LogP contribution is 2.24. The molecule has 0 bridgehead atoms. The van der Waals surface area contributed by atoms with Gasteiger partial charge in [-0.1, -0.05) is 25.4 Å². The number of aliphatic hydroxyl groups excluding tert-OH is 1. The zero-order valence-electron chi connectivity index (χ0n) is 15.3. The van der Waals surface area contributed by atoms with E-state index in [4.69, 9.17) is 16.3 Å². The summed E-state index contributed by atoms with van der Waals surface area (Å²) in [5, 5.41) is 17.4. The number of aryl methyl sites for hydroxylation is 1. The van der Waals surface area contributed by atoms with E-state index in [1.165, 1.54) is 12.1 Å². The van der Waals surface area contributed by atoms with Crippen molar-refractivity contribution in [3.63, 3.8) is 0 Å². The Labute approximate surface area is 164 Å². The summed E-state index contributed by atoms with van der Waals surface area (Å²) in [5.41, 5.74) is 1.03. The van der Waals surface area contributed by atoms with Crippen LogP contribution in [0, 0.1) is 11.2 Å². The van der Waals surface area contributed by atoms with Gasteiger partial charge in [0.05, 0.1) is 5.69 Å². The van der Waals surface area contributed by atoms with Crippen LogP contribution in [0.2, 0.25) is 5.02 Å². The fourth-order valence-corrected chi connectivity index (χ4v) is 2.48. The molecule has 0 radical (unpaired) electrons. The van der Waals surface area contributed by atoms with Gasteiger partial charge in [-0.15, -0.1) is 12.4 Å². The molecule has 0 aliphatic heterocycles. The van der Waals surface area contributed by atoms with E-state index in [2.05, 4.69) is 10.4 Å². The SMILES string of the molecule is CNCc1cc(OCc2cc(Cl)ccc2F)n(CCC(C)(C)CO)n1.Cl. The fraction of sp³-hybridized carbons (Fsp3) is 0.500. The van der Waals surface area contributed by atoms with Crippen molar-refractivity contribution in [2.75, 3.05) is 13.7 Å². The third-order valence-corrected chi connectivity index (χ3v) is 4.20. The molecule has 1 heterocycles. The standard InChI is InChI=1S/C18H25ClFN3O2.ClH/c1-18(2,12-24)6-7-23-17(9-15(22-23)10-21-3)25-11-13-8-14(19)4-5-16(13)20;/h4-5,8-9,21,24H,6-7,10-12H2,1-3H3;1H. The summed E-state index contributed by atoms with van der Waals surface area (Å²) in [4.78, 5) is 0. The molecule has 2 aromatic rings. The zero-order chi connectivity index (χ0) is 18.4. The maximum Gasteiger partial charge on any atom is 0.212 e. The summed E-state index contributed by atoms with van der Waals surface area (Å²) in [6.45, 7) is 5.37. The van der Waals surface area contributed by atoms with Crippen LogP contribution in [-0.2, 0) is 19.7 Å². The molecule has 0 saturated heterocycles. The van der Waals surface area contributed by atoms with Crippen LogP contribution < -0.4 is 10.1 Å². The molecule has 0 fully saturated rings. The fourth-order valence-electron chi connectivity index (χ4n) is 2.29. The molecule has 0 saturated carbocycles. The van der Waals surface area contributed by atoms with Crippen LogP contribution >= 0.6 is 24.0 Å². The largest absolute Gasteiger partial charge is 0.473 e. The predicted molar refractivity (Wildman–Crippen MR) is 103 cm³/mol. The van der Waals surface area contributed by atoms with Gasteiger partial charge in [0, 0.05) is 36.3 Å². The van der Waals surface area contributed by atoms with Crippen LogP contribution in [0.1, 0.15) is 31.5 Å². The lowest BCUT2D eigenvalue weighted by atomic mass is 9.91. The maximum atomic E-state index is 13.9. The van der Waals surface area contributed by atoms with Crippen LogP contribution in [0.3, 0.4) is 0 Å². The lowest BCUT2D eigenvalue weighted by Crippen LogP contribution is -2.20. The minimum absolute atomic E-state index is 0. The molecule has 1 aromatic carbocycles. The number of aromatic nitrogens is 2. The zero-order valence-corrected chi connectivity index (χ0v) is 16.8. The highest BCUT2D eigenvalue weighted by atomic mass is 35.5. The van der Waals surface area contributed by atoms with E-state index >= 15 is 0 Å². The lowest BCUT2D eigenvalue weighted by Gasteiger charge is -2.21. The van der Waals surface area contributed by atoms with E-state index < -0.39 is 0 Å². The molecular formula is C18H26Cl2FN3O2. The first-order valence-corrected chi connectivity index (χ1v) is 8.61. The van der Waals surface area contributed by atoms with Crippen molar-refractivity contribution in [2.24, 2.45) is 5.41 Å². The van der Waals surface area contributed by atoms with Gasteiger partial charge in [-0.2, -0.15) is 5.10 Å². The number of benzene rings is 1. The van der Waals surface area contributed by atoms with E-state index in [1.807, 2.05) is 27.0 Å². The van der Waals surface area contributed by atoms with Crippen molar-refractivity contribution in [1.82, 2.24) is 15.1 Å². The van der Waals surface area contributed by atoms with Crippen molar-refractivity contribution in [2.45, 2.75) is 40.0 Å². The summed E-state index contributed by atoms with van der Waals surface area (Å²) >= 11 is 5.92. The first-order chi connectivity index (χ1) is 11.8. The second kappa shape index (κ2) is 10.1. The number of rotatable bonds is 9. The van der Waals surface area contributed by atoms with Crippen molar-refractivity contribution in [3.8, 4) is 5.88 Å². The number of nitrogens with zero attached hydrogens (tertiary/aromatic N) is 2. The summed E-state index contributed by atoms with van der Waals surface area (Å²) in [6.07, 6.45) is 0.742. The first kappa shape index (κ1) is 22.7. The van der Waals surface area contributed by atoms with Gasteiger partial charge in [0.1, 0.15) is 12.4 Å². The molecule has 26 heavy (non-hydrogen) atoms. The third-order valence-electron chi connectivity index (χ3n) is 3.96. The normalized spacial score (nSPS) is 11.3. The molecule has 2 rings (SSSR count). The van der Waals surface area contributed by atoms with Crippen LogP contribution in [-0.4, -0.2) is 28.5 Å². The number of hydrogen-bond donors (Lipinski definition) is 2. The summed E-state index contributed by atoms with van der Waals surface area (Å²) in [7, 11) is 1.84. The third kappa shape index (κ3) is 6.43. The Morgan fingerprint density at radius 1 is 1.35 bits per heavy atom. The Hall–Kier alpha value is -1.34. The minimum atomic E-state index is -0.354. The van der Waals surface area contributed by atoms with E-state index in [1.54, 1.807) is 10.7 Å². The summed E-state index contributed by atoms with van der Waals surface area (Å²) in [6, 6.07) is 6.23. The molecule has 0 atom stereocenters. The molecular weight excluding hydrogens is 380 g/mol. The highest BCUT2D eigenvalue weighted by molar-refractivity contribution is 6.30. The van der Waals surface area contributed by atoms with Crippen LogP contribution in [0.4, 0.5) is 4.39 Å². The Bertz CT molecular complexity index is 708. The number of nitrogens with one attached hydrogen (secondary N) is 1. The van der Waals surface area contributed by atoms with E-state index in [0.29, 0.717) is 29.6 Å². The number of hydrogen-bond acceptors (Lipinski definition) is 4. The number of aliphatic hydroxyl groups is 1. The molecule has 0 aliphatic rings. The van der Waals surface area contributed by atoms with E-state index in [9.17, 15) is 9.50 Å². The molecule has 0 aliphatic carbocycles. The average molecular weight is 406 g/mol. The molecule has 2 N–H and O–H groups in total. The molecule has 5 nitrogen and oxygen atoms in total. The topological polar surface area (TPSA) is 59.3 Å². The van der Waals surface area contributed by atoms with Crippen molar-refractivity contribution in [3.05, 3.63) is 46.4 Å². The van der Waals surface area contributed by atoms with E-state index in [-0.39, 0.29) is 36.9 Å². The van der Waals surface area contributed by atoms with Gasteiger partial charge in [0.25, 0.3) is 0 Å². The Kier molecular flexibility index (Phi) is 8.83. The second-order valence-electron chi connectivity index (χ2n) is 6.82. The minimum Gasteiger partial charge on any atom is -0.473 e. The van der Waals surface area contributed by atoms with Gasteiger partial charge in [-0.3, -0.25) is 0 Å². The van der Waals surface area contributed by atoms with Gasteiger partial charge < -0.3 is 15.2 Å².